The topological polar surface area (TPSA) is 17.1 Å². The number of carbonyl (C=O) groups excluding carboxylic acids is 1. The number of hydrogen-bond donors (Lipinski definition) is 0. The SMILES string of the molecule is O=C(C=P(c1ccccc1)(c1ccccc1)c1ccccc1)c1ccc(-c2ccccc2F)s1. The highest BCUT2D eigenvalue weighted by molar-refractivity contribution is 7.95. The molecule has 0 saturated heterocycles. The van der Waals surface area contributed by atoms with Crippen molar-refractivity contribution >= 4 is 45.7 Å². The van der Waals surface area contributed by atoms with Gasteiger partial charge >= 0.3 is 0 Å². The lowest BCUT2D eigenvalue weighted by atomic mass is 10.2. The molecule has 4 heteroatoms. The molecule has 166 valence electrons. The fourth-order valence-corrected chi connectivity index (χ4v) is 8.97. The summed E-state index contributed by atoms with van der Waals surface area (Å²) in [7, 11) is 0. The number of Topliss-reactive ketones (excluding diaryl/α,β-unsaturated/α-hetero) is 1. The monoisotopic (exact) mass is 480 g/mol. The van der Waals surface area contributed by atoms with Crippen molar-refractivity contribution in [2.45, 2.75) is 0 Å². The van der Waals surface area contributed by atoms with Crippen LogP contribution < -0.4 is 15.9 Å². The fraction of sp³-hybridized carbons (Fsp3) is 0. The van der Waals surface area contributed by atoms with Crippen LogP contribution in [0, 0.1) is 5.82 Å². The maximum atomic E-state index is 14.3. The van der Waals surface area contributed by atoms with Gasteiger partial charge in [0.2, 0.25) is 0 Å². The normalized spacial score (nSPS) is 11.2. The summed E-state index contributed by atoms with van der Waals surface area (Å²) in [6, 6.07) is 41.1. The summed E-state index contributed by atoms with van der Waals surface area (Å²) in [4.78, 5) is 15.1. The van der Waals surface area contributed by atoms with Crippen molar-refractivity contribution in [1.82, 2.24) is 0 Å². The predicted molar refractivity (Wildman–Crippen MR) is 145 cm³/mol. The molecule has 1 nitrogen and oxygen atoms in total. The van der Waals surface area contributed by atoms with Crippen LogP contribution in [0.5, 0.6) is 0 Å². The average molecular weight is 481 g/mol. The average Bonchev–Trinajstić information content (AvgIpc) is 3.39. The highest BCUT2D eigenvalue weighted by atomic mass is 32.1. The molecule has 34 heavy (non-hydrogen) atoms. The van der Waals surface area contributed by atoms with Crippen LogP contribution in [0.2, 0.25) is 0 Å². The van der Waals surface area contributed by atoms with Crippen molar-refractivity contribution in [2.75, 3.05) is 0 Å². The summed E-state index contributed by atoms with van der Waals surface area (Å²) in [5, 5.41) is 3.35. The molecule has 0 saturated carbocycles. The molecule has 0 amide bonds. The van der Waals surface area contributed by atoms with E-state index in [1.807, 2.05) is 72.5 Å². The molecule has 5 rings (SSSR count). The third-order valence-corrected chi connectivity index (χ3v) is 10.9. The van der Waals surface area contributed by atoms with E-state index < -0.39 is 6.89 Å². The first kappa shape index (κ1) is 22.3. The maximum Gasteiger partial charge on any atom is 0.196 e. The maximum absolute atomic E-state index is 14.3. The zero-order valence-electron chi connectivity index (χ0n) is 18.3. The molecule has 1 heterocycles. The van der Waals surface area contributed by atoms with Crippen molar-refractivity contribution in [3.63, 3.8) is 0 Å². The van der Waals surface area contributed by atoms with E-state index >= 15 is 0 Å². The number of benzene rings is 4. The van der Waals surface area contributed by atoms with Gasteiger partial charge < -0.3 is 0 Å². The Morgan fingerprint density at radius 2 is 1.09 bits per heavy atom. The molecule has 0 unspecified atom stereocenters. The molecule has 0 bridgehead atoms. The summed E-state index contributed by atoms with van der Waals surface area (Å²) < 4.78 is 14.3. The highest BCUT2D eigenvalue weighted by Gasteiger charge is 2.27. The molecule has 0 N–H and O–H groups in total. The van der Waals surface area contributed by atoms with Crippen molar-refractivity contribution in [3.05, 3.63) is 138 Å². The van der Waals surface area contributed by atoms with Gasteiger partial charge in [-0.1, -0.05) is 109 Å². The Morgan fingerprint density at radius 3 is 1.59 bits per heavy atom. The lowest BCUT2D eigenvalue weighted by Crippen LogP contribution is -2.28. The van der Waals surface area contributed by atoms with Crippen LogP contribution in [0.3, 0.4) is 0 Å². The van der Waals surface area contributed by atoms with Gasteiger partial charge in [-0.25, -0.2) is 4.39 Å². The Kier molecular flexibility index (Phi) is 6.40. The van der Waals surface area contributed by atoms with Gasteiger partial charge in [-0.15, -0.1) is 11.3 Å². The molecular weight excluding hydrogens is 458 g/mol. The lowest BCUT2D eigenvalue weighted by Gasteiger charge is -2.28. The third kappa shape index (κ3) is 4.21. The van der Waals surface area contributed by atoms with Crippen LogP contribution in [0.15, 0.2) is 127 Å². The lowest BCUT2D eigenvalue weighted by molar-refractivity contribution is 0.107. The first-order chi connectivity index (χ1) is 16.7. The van der Waals surface area contributed by atoms with Gasteiger partial charge in [-0.3, -0.25) is 4.79 Å². The second kappa shape index (κ2) is 9.77. The molecule has 5 aromatic rings. The van der Waals surface area contributed by atoms with Crippen molar-refractivity contribution in [2.24, 2.45) is 0 Å². The molecule has 1 aromatic heterocycles. The molecule has 0 aliphatic heterocycles. The van der Waals surface area contributed by atoms with Crippen LogP contribution in [0.1, 0.15) is 9.67 Å². The molecule has 0 radical (unpaired) electrons. The van der Waals surface area contributed by atoms with Crippen LogP contribution in [0.25, 0.3) is 10.4 Å². The quantitative estimate of drug-likeness (QED) is 0.199. The molecular formula is C30H22FOPS. The number of rotatable bonds is 6. The van der Waals surface area contributed by atoms with Gasteiger partial charge in [-0.05, 0) is 46.8 Å². The highest BCUT2D eigenvalue weighted by Crippen LogP contribution is 2.44. The molecule has 0 atom stereocenters. The van der Waals surface area contributed by atoms with Crippen LogP contribution in [0.4, 0.5) is 4.39 Å². The number of halogens is 1. The van der Waals surface area contributed by atoms with Crippen molar-refractivity contribution < 1.29 is 9.18 Å². The summed E-state index contributed by atoms with van der Waals surface area (Å²) in [5.74, 6) is 1.59. The first-order valence-corrected chi connectivity index (χ1v) is 13.7. The summed E-state index contributed by atoms with van der Waals surface area (Å²) >= 11 is 1.33. The molecule has 0 aliphatic rings. The second-order valence-electron chi connectivity index (χ2n) is 7.87. The Hall–Kier alpha value is -3.52. The van der Waals surface area contributed by atoms with E-state index in [0.29, 0.717) is 10.4 Å². The molecule has 0 aliphatic carbocycles. The number of thiophene rings is 1. The zero-order chi connectivity index (χ0) is 23.4. The summed E-state index contributed by atoms with van der Waals surface area (Å²) in [6.45, 7) is -2.39. The number of ketones is 1. The van der Waals surface area contributed by atoms with Crippen LogP contribution >= 0.6 is 18.2 Å². The van der Waals surface area contributed by atoms with Gasteiger partial charge in [0.1, 0.15) is 5.82 Å². The summed E-state index contributed by atoms with van der Waals surface area (Å²) in [6.07, 6.45) is 0. The third-order valence-electron chi connectivity index (χ3n) is 5.79. The zero-order valence-corrected chi connectivity index (χ0v) is 20.1. The smallest absolute Gasteiger partial charge is 0.196 e. The van der Waals surface area contributed by atoms with Gasteiger partial charge in [-0.2, -0.15) is 0 Å². The Balaban J connectivity index is 1.72. The molecule has 0 fully saturated rings. The van der Waals surface area contributed by atoms with E-state index in [4.69, 9.17) is 0 Å². The van der Waals surface area contributed by atoms with Crippen molar-refractivity contribution in [3.8, 4) is 10.4 Å². The van der Waals surface area contributed by atoms with E-state index in [-0.39, 0.29) is 11.6 Å². The van der Waals surface area contributed by atoms with E-state index in [9.17, 15) is 9.18 Å². The van der Waals surface area contributed by atoms with E-state index in [1.54, 1.807) is 18.2 Å². The predicted octanol–water partition coefficient (Wildman–Crippen LogP) is 6.53. The Bertz CT molecular complexity index is 1370. The Labute approximate surface area is 203 Å². The number of carbonyl (C=O) groups is 1. The van der Waals surface area contributed by atoms with E-state index in [2.05, 4.69) is 36.4 Å². The van der Waals surface area contributed by atoms with Gasteiger partial charge in [0, 0.05) is 10.4 Å². The minimum Gasteiger partial charge on any atom is -0.288 e. The van der Waals surface area contributed by atoms with Crippen LogP contribution in [-0.2, 0) is 0 Å². The number of hydrogen-bond acceptors (Lipinski definition) is 2. The van der Waals surface area contributed by atoms with E-state index in [1.165, 1.54) is 17.4 Å². The van der Waals surface area contributed by atoms with Crippen LogP contribution in [-0.4, -0.2) is 11.6 Å². The minimum atomic E-state index is -2.39. The van der Waals surface area contributed by atoms with Gasteiger partial charge in [0.15, 0.2) is 5.78 Å². The first-order valence-electron chi connectivity index (χ1n) is 11.0. The fourth-order valence-electron chi connectivity index (χ4n) is 4.18. The van der Waals surface area contributed by atoms with Crippen molar-refractivity contribution in [1.29, 1.82) is 0 Å². The largest absolute Gasteiger partial charge is 0.288 e. The minimum absolute atomic E-state index is 0.0440. The Morgan fingerprint density at radius 1 is 0.618 bits per heavy atom. The molecule has 4 aromatic carbocycles. The molecule has 0 spiro atoms. The van der Waals surface area contributed by atoms with Gasteiger partial charge in [0.25, 0.3) is 0 Å². The second-order valence-corrected chi connectivity index (χ2v) is 12.2. The summed E-state index contributed by atoms with van der Waals surface area (Å²) in [5.41, 5.74) is 0.516. The van der Waals surface area contributed by atoms with E-state index in [0.717, 1.165) is 20.8 Å². The standard InChI is InChI=1S/C30H22FOPS/c31-27-19-11-10-18-26(27)29-20-21-30(34-29)28(32)22-33(23-12-4-1-5-13-23,24-14-6-2-7-15-24)25-16-8-3-9-17-25/h1-22H. The van der Waals surface area contributed by atoms with Gasteiger partial charge in [0.05, 0.1) is 4.88 Å².